The molecular formula is C9H8ClFO3. The van der Waals surface area contributed by atoms with Gasteiger partial charge in [0.25, 0.3) is 0 Å². The van der Waals surface area contributed by atoms with E-state index in [-0.39, 0.29) is 16.3 Å². The van der Waals surface area contributed by atoms with Crippen molar-refractivity contribution in [3.05, 3.63) is 22.5 Å². The molecule has 0 aliphatic rings. The minimum atomic E-state index is -1.02. The highest BCUT2D eigenvalue weighted by molar-refractivity contribution is 6.32. The second-order valence-corrected chi connectivity index (χ2v) is 3.06. The van der Waals surface area contributed by atoms with Crippen LogP contribution >= 0.6 is 11.6 Å². The number of phenols is 1. The van der Waals surface area contributed by atoms with E-state index < -0.39 is 17.3 Å². The predicted molar refractivity (Wildman–Crippen MR) is 49.6 cm³/mol. The number of ether oxygens (including phenoxy) is 1. The van der Waals surface area contributed by atoms with Crippen LogP contribution in [0.5, 0.6) is 11.5 Å². The number of rotatable bonds is 2. The summed E-state index contributed by atoms with van der Waals surface area (Å²) in [5, 5.41) is 9.08. The summed E-state index contributed by atoms with van der Waals surface area (Å²) in [5.41, 5.74) is -0.336. The summed E-state index contributed by atoms with van der Waals surface area (Å²) in [4.78, 5) is 11.1. The summed E-state index contributed by atoms with van der Waals surface area (Å²) in [7, 11) is 1.27. The van der Waals surface area contributed by atoms with Crippen molar-refractivity contribution in [2.24, 2.45) is 0 Å². The molecule has 76 valence electrons. The Morgan fingerprint density at radius 3 is 2.64 bits per heavy atom. The Balaban J connectivity index is 3.56. The highest BCUT2D eigenvalue weighted by atomic mass is 35.5. The second-order valence-electron chi connectivity index (χ2n) is 2.66. The smallest absolute Gasteiger partial charge is 0.179 e. The van der Waals surface area contributed by atoms with Gasteiger partial charge in [0.15, 0.2) is 23.1 Å². The van der Waals surface area contributed by atoms with Crippen LogP contribution in [0, 0.1) is 5.82 Å². The zero-order chi connectivity index (χ0) is 10.9. The number of benzene rings is 1. The van der Waals surface area contributed by atoms with Crippen LogP contribution in [0.25, 0.3) is 0 Å². The first-order chi connectivity index (χ1) is 6.49. The van der Waals surface area contributed by atoms with E-state index in [0.29, 0.717) is 0 Å². The van der Waals surface area contributed by atoms with Gasteiger partial charge in [-0.2, -0.15) is 0 Å². The highest BCUT2D eigenvalue weighted by Gasteiger charge is 2.21. The lowest BCUT2D eigenvalue weighted by Crippen LogP contribution is -2.02. The molecule has 0 radical (unpaired) electrons. The summed E-state index contributed by atoms with van der Waals surface area (Å²) < 4.78 is 18.0. The van der Waals surface area contributed by atoms with Gasteiger partial charge < -0.3 is 9.84 Å². The van der Waals surface area contributed by atoms with Gasteiger partial charge in [-0.1, -0.05) is 11.6 Å². The number of carbonyl (C=O) groups excluding carboxylic acids is 1. The minimum Gasteiger partial charge on any atom is -0.505 e. The van der Waals surface area contributed by atoms with E-state index >= 15 is 0 Å². The molecule has 0 aromatic heterocycles. The monoisotopic (exact) mass is 218 g/mol. The third kappa shape index (κ3) is 1.65. The van der Waals surface area contributed by atoms with Crippen molar-refractivity contribution in [3.63, 3.8) is 0 Å². The number of hydrogen-bond donors (Lipinski definition) is 1. The molecule has 0 heterocycles. The Morgan fingerprint density at radius 2 is 2.21 bits per heavy atom. The van der Waals surface area contributed by atoms with Gasteiger partial charge in [-0.15, -0.1) is 0 Å². The number of halogens is 2. The zero-order valence-electron chi connectivity index (χ0n) is 7.60. The molecule has 1 rings (SSSR count). The van der Waals surface area contributed by atoms with Crippen molar-refractivity contribution in [1.29, 1.82) is 0 Å². The lowest BCUT2D eigenvalue weighted by molar-refractivity contribution is 0.101. The molecule has 0 saturated carbocycles. The molecule has 0 atom stereocenters. The standard InChI is InChI=1S/C9H8ClFO3/c1-4(12)7-8(11)6(13)3-5(10)9(7)14-2/h3,13H,1-2H3. The summed E-state index contributed by atoms with van der Waals surface area (Å²) >= 11 is 5.65. The van der Waals surface area contributed by atoms with E-state index in [1.54, 1.807) is 0 Å². The number of methoxy groups -OCH3 is 1. The molecule has 0 aliphatic heterocycles. The van der Waals surface area contributed by atoms with Crippen LogP contribution in [0.15, 0.2) is 6.07 Å². The van der Waals surface area contributed by atoms with Gasteiger partial charge in [-0.25, -0.2) is 4.39 Å². The number of hydrogen-bond acceptors (Lipinski definition) is 3. The first-order valence-electron chi connectivity index (χ1n) is 3.75. The number of aromatic hydroxyl groups is 1. The molecule has 1 aromatic carbocycles. The van der Waals surface area contributed by atoms with Gasteiger partial charge in [0.05, 0.1) is 12.1 Å². The van der Waals surface area contributed by atoms with Crippen molar-refractivity contribution >= 4 is 17.4 Å². The fourth-order valence-corrected chi connectivity index (χ4v) is 1.39. The summed E-state index contributed by atoms with van der Waals surface area (Å²) in [5.74, 6) is -2.30. The molecule has 0 bridgehead atoms. The van der Waals surface area contributed by atoms with Crippen molar-refractivity contribution < 1.29 is 19.0 Å². The Morgan fingerprint density at radius 1 is 1.64 bits per heavy atom. The molecule has 3 nitrogen and oxygen atoms in total. The maximum Gasteiger partial charge on any atom is 0.179 e. The van der Waals surface area contributed by atoms with E-state index in [2.05, 4.69) is 0 Å². The third-order valence-corrected chi connectivity index (χ3v) is 1.99. The maximum atomic E-state index is 13.3. The fourth-order valence-electron chi connectivity index (χ4n) is 1.11. The lowest BCUT2D eigenvalue weighted by atomic mass is 10.1. The summed E-state index contributed by atoms with van der Waals surface area (Å²) in [6.45, 7) is 1.16. The Bertz CT molecular complexity index is 390. The van der Waals surface area contributed by atoms with Crippen LogP contribution in [-0.2, 0) is 0 Å². The Labute approximate surface area is 85.1 Å². The van der Waals surface area contributed by atoms with Crippen LogP contribution in [0.4, 0.5) is 4.39 Å². The van der Waals surface area contributed by atoms with Crippen molar-refractivity contribution in [2.45, 2.75) is 6.92 Å². The molecule has 0 aliphatic carbocycles. The summed E-state index contributed by atoms with van der Waals surface area (Å²) in [6.07, 6.45) is 0. The van der Waals surface area contributed by atoms with E-state index in [4.69, 9.17) is 21.4 Å². The van der Waals surface area contributed by atoms with E-state index in [1.165, 1.54) is 7.11 Å². The normalized spacial score (nSPS) is 10.0. The molecule has 0 amide bonds. The fraction of sp³-hybridized carbons (Fsp3) is 0.222. The van der Waals surface area contributed by atoms with Gasteiger partial charge in [-0.05, 0) is 6.92 Å². The Hall–Kier alpha value is -1.29. The Kier molecular flexibility index (Phi) is 2.96. The molecule has 0 unspecified atom stereocenters. The van der Waals surface area contributed by atoms with E-state index in [0.717, 1.165) is 13.0 Å². The van der Waals surface area contributed by atoms with E-state index in [1.807, 2.05) is 0 Å². The third-order valence-electron chi connectivity index (χ3n) is 1.71. The molecular weight excluding hydrogens is 211 g/mol. The molecule has 0 saturated heterocycles. The van der Waals surface area contributed by atoms with Gasteiger partial charge in [0.1, 0.15) is 5.56 Å². The first-order valence-corrected chi connectivity index (χ1v) is 4.12. The predicted octanol–water partition coefficient (Wildman–Crippen LogP) is 2.40. The minimum absolute atomic E-state index is 0.00315. The maximum absolute atomic E-state index is 13.3. The number of phenolic OH excluding ortho intramolecular Hbond substituents is 1. The highest BCUT2D eigenvalue weighted by Crippen LogP contribution is 2.35. The van der Waals surface area contributed by atoms with Crippen molar-refractivity contribution in [2.75, 3.05) is 7.11 Å². The van der Waals surface area contributed by atoms with Gasteiger partial charge in [-0.3, -0.25) is 4.79 Å². The molecule has 0 spiro atoms. The van der Waals surface area contributed by atoms with Gasteiger partial charge in [0.2, 0.25) is 0 Å². The SMILES string of the molecule is COc1c(Cl)cc(O)c(F)c1C(C)=O. The number of Topliss-reactive ketones (excluding diaryl/α,β-unsaturated/α-hetero) is 1. The van der Waals surface area contributed by atoms with E-state index in [9.17, 15) is 9.18 Å². The largest absolute Gasteiger partial charge is 0.505 e. The van der Waals surface area contributed by atoms with Gasteiger partial charge >= 0.3 is 0 Å². The van der Waals surface area contributed by atoms with Crippen LogP contribution < -0.4 is 4.74 Å². The molecule has 5 heteroatoms. The first kappa shape index (κ1) is 10.8. The lowest BCUT2D eigenvalue weighted by Gasteiger charge is -2.09. The molecule has 14 heavy (non-hydrogen) atoms. The second kappa shape index (κ2) is 3.84. The van der Waals surface area contributed by atoms with Crippen molar-refractivity contribution in [1.82, 2.24) is 0 Å². The zero-order valence-corrected chi connectivity index (χ0v) is 8.35. The number of ketones is 1. The number of carbonyl (C=O) groups is 1. The average molecular weight is 219 g/mol. The summed E-state index contributed by atoms with van der Waals surface area (Å²) in [6, 6.07) is 0.988. The van der Waals surface area contributed by atoms with Crippen molar-refractivity contribution in [3.8, 4) is 11.5 Å². The van der Waals surface area contributed by atoms with Crippen LogP contribution in [0.1, 0.15) is 17.3 Å². The molecule has 0 fully saturated rings. The quantitative estimate of drug-likeness (QED) is 0.776. The molecule has 1 N–H and O–H groups in total. The van der Waals surface area contributed by atoms with Crippen LogP contribution in [0.2, 0.25) is 5.02 Å². The average Bonchev–Trinajstić information content (AvgIpc) is 2.10. The topological polar surface area (TPSA) is 46.5 Å². The van der Waals surface area contributed by atoms with Crippen LogP contribution in [-0.4, -0.2) is 18.0 Å². The molecule has 1 aromatic rings. The van der Waals surface area contributed by atoms with Crippen LogP contribution in [0.3, 0.4) is 0 Å². The van der Waals surface area contributed by atoms with Gasteiger partial charge in [0, 0.05) is 6.07 Å².